The molecule has 7 nitrogen and oxygen atoms in total. The summed E-state index contributed by atoms with van der Waals surface area (Å²) in [5.74, 6) is -0.774. The summed E-state index contributed by atoms with van der Waals surface area (Å²) < 4.78 is 32.2. The Labute approximate surface area is 205 Å². The number of rotatable bonds is 7. The van der Waals surface area contributed by atoms with Crippen molar-refractivity contribution < 1.29 is 22.7 Å². The van der Waals surface area contributed by atoms with E-state index in [2.05, 4.69) is 5.32 Å². The predicted molar refractivity (Wildman–Crippen MR) is 134 cm³/mol. The van der Waals surface area contributed by atoms with Gasteiger partial charge in [0, 0.05) is 25.8 Å². The Bertz CT molecular complexity index is 1400. The van der Waals surface area contributed by atoms with Crippen LogP contribution in [0.3, 0.4) is 0 Å². The lowest BCUT2D eigenvalue weighted by molar-refractivity contribution is 0.0945. The van der Waals surface area contributed by atoms with Crippen molar-refractivity contribution >= 4 is 27.3 Å². The molecule has 0 saturated heterocycles. The van der Waals surface area contributed by atoms with E-state index < -0.39 is 15.7 Å². The van der Waals surface area contributed by atoms with Crippen LogP contribution in [-0.2, 0) is 21.1 Å². The Morgan fingerprint density at radius 1 is 1.00 bits per heavy atom. The molecule has 2 amide bonds. The molecule has 1 heterocycles. The number of ether oxygens (including phenoxy) is 1. The van der Waals surface area contributed by atoms with E-state index in [0.29, 0.717) is 19.6 Å². The number of anilines is 1. The van der Waals surface area contributed by atoms with Crippen LogP contribution >= 0.6 is 0 Å². The summed E-state index contributed by atoms with van der Waals surface area (Å²) in [4.78, 5) is 28.0. The van der Waals surface area contributed by atoms with E-state index in [1.165, 1.54) is 35.2 Å². The number of sulfone groups is 1. The molecule has 4 rings (SSSR count). The van der Waals surface area contributed by atoms with Crippen LogP contribution in [0.5, 0.6) is 0 Å². The Morgan fingerprint density at radius 3 is 2.54 bits per heavy atom. The van der Waals surface area contributed by atoms with E-state index in [9.17, 15) is 18.0 Å². The highest BCUT2D eigenvalue weighted by Gasteiger charge is 2.36. The second-order valence-electron chi connectivity index (χ2n) is 8.61. The minimum Gasteiger partial charge on any atom is -0.385 e. The second kappa shape index (κ2) is 10.0. The van der Waals surface area contributed by atoms with Crippen LogP contribution in [0.25, 0.3) is 0 Å². The van der Waals surface area contributed by atoms with Gasteiger partial charge in [0.05, 0.1) is 27.6 Å². The van der Waals surface area contributed by atoms with E-state index in [1.54, 1.807) is 19.2 Å². The van der Waals surface area contributed by atoms with Crippen LogP contribution < -0.4 is 10.2 Å². The van der Waals surface area contributed by atoms with Crippen LogP contribution in [-0.4, -0.2) is 40.5 Å². The van der Waals surface area contributed by atoms with E-state index >= 15 is 0 Å². The molecule has 1 aliphatic rings. The monoisotopic (exact) mass is 492 g/mol. The molecule has 0 spiro atoms. The van der Waals surface area contributed by atoms with Gasteiger partial charge in [-0.05, 0) is 61.7 Å². The van der Waals surface area contributed by atoms with Crippen molar-refractivity contribution in [2.24, 2.45) is 0 Å². The fourth-order valence-electron chi connectivity index (χ4n) is 4.17. The van der Waals surface area contributed by atoms with Gasteiger partial charge in [-0.15, -0.1) is 0 Å². The van der Waals surface area contributed by atoms with Crippen molar-refractivity contribution in [3.8, 4) is 0 Å². The highest BCUT2D eigenvalue weighted by molar-refractivity contribution is 7.91. The number of nitrogens with one attached hydrogen (secondary N) is 1. The standard InChI is InChI=1S/C27H28N2O5S/c1-18-9-10-19(2)21(15-18)17-29-23-16-20(26(30)28-13-6-14-34-3)11-12-25(23)35(32,33)24-8-5-4-7-22(24)27(29)31/h4-5,7-12,15-16H,6,13-14,17H2,1-3H3,(H,28,30). The first-order valence-electron chi connectivity index (χ1n) is 11.4. The summed E-state index contributed by atoms with van der Waals surface area (Å²) in [7, 11) is -2.40. The molecule has 35 heavy (non-hydrogen) atoms. The maximum atomic E-state index is 13.8. The van der Waals surface area contributed by atoms with E-state index in [1.807, 2.05) is 32.0 Å². The van der Waals surface area contributed by atoms with Crippen LogP contribution in [0, 0.1) is 13.8 Å². The third-order valence-corrected chi connectivity index (χ3v) is 7.96. The topological polar surface area (TPSA) is 92.8 Å². The van der Waals surface area contributed by atoms with Gasteiger partial charge in [-0.3, -0.25) is 9.59 Å². The number of hydrogen-bond acceptors (Lipinski definition) is 5. The number of nitrogens with zero attached hydrogens (tertiary/aromatic N) is 1. The third-order valence-electron chi connectivity index (χ3n) is 6.10. The quantitative estimate of drug-likeness (QED) is 0.502. The molecule has 0 aliphatic carbocycles. The highest BCUT2D eigenvalue weighted by Crippen LogP contribution is 2.38. The molecule has 3 aromatic rings. The maximum Gasteiger partial charge on any atom is 0.259 e. The van der Waals surface area contributed by atoms with Gasteiger partial charge in [0.1, 0.15) is 0 Å². The highest BCUT2D eigenvalue weighted by atomic mass is 32.2. The first-order valence-corrected chi connectivity index (χ1v) is 12.9. The molecule has 0 saturated carbocycles. The molecule has 0 bridgehead atoms. The number of aryl methyl sites for hydroxylation is 2. The largest absolute Gasteiger partial charge is 0.385 e. The molecular weight excluding hydrogens is 464 g/mol. The molecule has 1 aliphatic heterocycles. The van der Waals surface area contributed by atoms with Gasteiger partial charge in [0.15, 0.2) is 0 Å². The number of carbonyl (C=O) groups is 2. The summed E-state index contributed by atoms with van der Waals surface area (Å²) in [6.45, 7) is 5.01. The minimum atomic E-state index is -3.99. The number of amides is 2. The first-order chi connectivity index (χ1) is 16.7. The van der Waals surface area contributed by atoms with Crippen molar-refractivity contribution in [3.63, 3.8) is 0 Å². The zero-order valence-electron chi connectivity index (χ0n) is 20.0. The van der Waals surface area contributed by atoms with Crippen LogP contribution in [0.1, 0.15) is 43.8 Å². The normalized spacial score (nSPS) is 14.1. The fraction of sp³-hybridized carbons (Fsp3) is 0.259. The molecule has 0 fully saturated rings. The van der Waals surface area contributed by atoms with Gasteiger partial charge in [0.2, 0.25) is 9.84 Å². The van der Waals surface area contributed by atoms with Gasteiger partial charge in [-0.1, -0.05) is 35.9 Å². The molecule has 3 aromatic carbocycles. The summed E-state index contributed by atoms with van der Waals surface area (Å²) in [6, 6.07) is 16.6. The number of hydrogen-bond donors (Lipinski definition) is 1. The average Bonchev–Trinajstić information content (AvgIpc) is 2.92. The van der Waals surface area contributed by atoms with E-state index in [-0.39, 0.29) is 39.1 Å². The molecule has 8 heteroatoms. The number of methoxy groups -OCH3 is 1. The molecule has 0 radical (unpaired) electrons. The average molecular weight is 493 g/mol. The van der Waals surface area contributed by atoms with E-state index in [4.69, 9.17) is 4.74 Å². The van der Waals surface area contributed by atoms with Crippen molar-refractivity contribution in [1.29, 1.82) is 0 Å². The zero-order chi connectivity index (χ0) is 25.2. The van der Waals surface area contributed by atoms with Crippen molar-refractivity contribution in [2.75, 3.05) is 25.2 Å². The lowest BCUT2D eigenvalue weighted by Gasteiger charge is -2.24. The van der Waals surface area contributed by atoms with Gasteiger partial charge in [-0.2, -0.15) is 0 Å². The van der Waals surface area contributed by atoms with Crippen LogP contribution in [0.2, 0.25) is 0 Å². The lowest BCUT2D eigenvalue weighted by atomic mass is 10.0. The zero-order valence-corrected chi connectivity index (χ0v) is 20.8. The van der Waals surface area contributed by atoms with Crippen molar-refractivity contribution in [2.45, 2.75) is 36.6 Å². The van der Waals surface area contributed by atoms with Crippen LogP contribution in [0.4, 0.5) is 5.69 Å². The Kier molecular flexibility index (Phi) is 7.05. The van der Waals surface area contributed by atoms with Gasteiger partial charge in [-0.25, -0.2) is 8.42 Å². The predicted octanol–water partition coefficient (Wildman–Crippen LogP) is 4.06. The fourth-order valence-corrected chi connectivity index (χ4v) is 5.80. The van der Waals surface area contributed by atoms with Gasteiger partial charge in [0.25, 0.3) is 11.8 Å². The molecular formula is C27H28N2O5S. The smallest absolute Gasteiger partial charge is 0.259 e. The van der Waals surface area contributed by atoms with Gasteiger partial charge >= 0.3 is 0 Å². The lowest BCUT2D eigenvalue weighted by Crippen LogP contribution is -2.31. The maximum absolute atomic E-state index is 13.8. The van der Waals surface area contributed by atoms with Crippen molar-refractivity contribution in [1.82, 2.24) is 5.32 Å². The molecule has 182 valence electrons. The first kappa shape index (κ1) is 24.6. The van der Waals surface area contributed by atoms with Crippen molar-refractivity contribution in [3.05, 3.63) is 88.5 Å². The summed E-state index contributed by atoms with van der Waals surface area (Å²) in [5, 5.41) is 2.81. The Morgan fingerprint density at radius 2 is 1.77 bits per heavy atom. The van der Waals surface area contributed by atoms with Gasteiger partial charge < -0.3 is 15.0 Å². The third kappa shape index (κ3) is 4.85. The van der Waals surface area contributed by atoms with E-state index in [0.717, 1.165) is 16.7 Å². The Hall–Kier alpha value is -3.49. The molecule has 0 unspecified atom stereocenters. The number of benzene rings is 3. The summed E-state index contributed by atoms with van der Waals surface area (Å²) in [6.07, 6.45) is 0.647. The Balaban J connectivity index is 1.84. The number of fused-ring (bicyclic) bond motifs is 2. The second-order valence-corrected chi connectivity index (χ2v) is 10.5. The SMILES string of the molecule is COCCCNC(=O)c1ccc2c(c1)N(Cc1cc(C)ccc1C)C(=O)c1ccccc1S2(=O)=O. The molecule has 0 atom stereocenters. The molecule has 1 N–H and O–H groups in total. The summed E-state index contributed by atoms with van der Waals surface area (Å²) in [5.41, 5.74) is 3.50. The summed E-state index contributed by atoms with van der Waals surface area (Å²) >= 11 is 0. The molecule has 0 aromatic heterocycles. The minimum absolute atomic E-state index is 0.00274. The van der Waals surface area contributed by atoms with Crippen LogP contribution in [0.15, 0.2) is 70.5 Å². The number of carbonyl (C=O) groups excluding carboxylic acids is 2.